The van der Waals surface area contributed by atoms with Crippen LogP contribution in [0.1, 0.15) is 39.0 Å². The van der Waals surface area contributed by atoms with Crippen LogP contribution in [-0.2, 0) is 9.84 Å². The highest BCUT2D eigenvalue weighted by atomic mass is 16.6. The van der Waals surface area contributed by atoms with Gasteiger partial charge in [0.05, 0.1) is 6.10 Å². The van der Waals surface area contributed by atoms with Crippen molar-refractivity contribution in [1.29, 1.82) is 0 Å². The van der Waals surface area contributed by atoms with Gasteiger partial charge in [0, 0.05) is 0 Å². The van der Waals surface area contributed by atoms with E-state index in [1.54, 1.807) is 6.92 Å². The van der Waals surface area contributed by atoms with Crippen molar-refractivity contribution in [3.05, 3.63) is 0 Å². The number of rotatable bonds is 2. The normalized spacial score (nSPS) is 24.6. The van der Waals surface area contributed by atoms with Gasteiger partial charge in [0.25, 0.3) is 0 Å². The van der Waals surface area contributed by atoms with Crippen LogP contribution in [0.4, 0.5) is 0 Å². The molecule has 0 aromatic carbocycles. The van der Waals surface area contributed by atoms with Gasteiger partial charge in [-0.3, -0.25) is 0 Å². The third-order valence-corrected chi connectivity index (χ3v) is 1.94. The first kappa shape index (κ1) is 8.02. The lowest BCUT2D eigenvalue weighted by Gasteiger charge is -2.22. The van der Waals surface area contributed by atoms with E-state index in [9.17, 15) is 5.11 Å². The molecule has 0 amide bonds. The second-order valence-electron chi connectivity index (χ2n) is 2.96. The Balaban J connectivity index is 2.13. The van der Waals surface area contributed by atoms with Crippen LogP contribution in [0.3, 0.4) is 0 Å². The maximum Gasteiger partial charge on any atom is 0.188 e. The van der Waals surface area contributed by atoms with Crippen LogP contribution < -0.4 is 0 Å². The highest BCUT2D eigenvalue weighted by Gasteiger charge is 2.15. The fourth-order valence-corrected chi connectivity index (χ4v) is 1.47. The Kier molecular flexibility index (Phi) is 3.16. The van der Waals surface area contributed by atoms with Crippen LogP contribution in [-0.4, -0.2) is 12.4 Å². The molecule has 59 valence electrons. The van der Waals surface area contributed by atoms with Crippen molar-refractivity contribution >= 4 is 0 Å². The topological polar surface area (TPSA) is 29.1 Å². The van der Waals surface area contributed by atoms with Gasteiger partial charge in [-0.25, -0.2) is 5.11 Å². The molecule has 0 aliphatic heterocycles. The van der Waals surface area contributed by atoms with Gasteiger partial charge in [-0.05, 0) is 19.8 Å². The quantitative estimate of drug-likeness (QED) is 0.544. The summed E-state index contributed by atoms with van der Waals surface area (Å²) >= 11 is 0. The zero-order valence-electron chi connectivity index (χ0n) is 6.51. The molecule has 0 spiro atoms. The standard InChI is InChI=1S/C8H15O2/c1-7(9)10-8-5-3-2-4-6-8/h7-8H,2-6H2,1H3. The molecule has 0 saturated heterocycles. The van der Waals surface area contributed by atoms with Crippen LogP contribution in [0.25, 0.3) is 0 Å². The average molecular weight is 143 g/mol. The van der Waals surface area contributed by atoms with E-state index in [4.69, 9.17) is 4.74 Å². The van der Waals surface area contributed by atoms with E-state index in [1.165, 1.54) is 19.3 Å². The van der Waals surface area contributed by atoms with Crippen LogP contribution in [0.2, 0.25) is 0 Å². The van der Waals surface area contributed by atoms with E-state index in [0.717, 1.165) is 12.8 Å². The van der Waals surface area contributed by atoms with Gasteiger partial charge in [0.15, 0.2) is 6.29 Å². The zero-order chi connectivity index (χ0) is 7.40. The molecular formula is C8H15O2. The molecule has 2 heteroatoms. The molecule has 1 atom stereocenters. The molecule has 10 heavy (non-hydrogen) atoms. The molecule has 1 saturated carbocycles. The van der Waals surface area contributed by atoms with Crippen molar-refractivity contribution in [1.82, 2.24) is 0 Å². The molecule has 0 bridgehead atoms. The maximum absolute atomic E-state index is 10.6. The molecule has 1 aliphatic carbocycles. The van der Waals surface area contributed by atoms with E-state index in [1.807, 2.05) is 0 Å². The monoisotopic (exact) mass is 143 g/mol. The smallest absolute Gasteiger partial charge is 0.188 e. The van der Waals surface area contributed by atoms with E-state index in [-0.39, 0.29) is 6.10 Å². The SMILES string of the molecule is CC([O])OC1CCCCC1. The average Bonchev–Trinajstić information content (AvgIpc) is 1.88. The minimum Gasteiger partial charge on any atom is -0.347 e. The van der Waals surface area contributed by atoms with Gasteiger partial charge in [0.1, 0.15) is 0 Å². The first-order valence-electron chi connectivity index (χ1n) is 4.10. The highest BCUT2D eigenvalue weighted by molar-refractivity contribution is 4.64. The van der Waals surface area contributed by atoms with Crippen molar-refractivity contribution in [3.8, 4) is 0 Å². The maximum atomic E-state index is 10.6. The summed E-state index contributed by atoms with van der Waals surface area (Å²) in [6, 6.07) is 0. The summed E-state index contributed by atoms with van der Waals surface area (Å²) in [5.41, 5.74) is 0. The lowest BCUT2D eigenvalue weighted by molar-refractivity contribution is -0.164. The van der Waals surface area contributed by atoms with Gasteiger partial charge in [0.2, 0.25) is 0 Å². The molecule has 1 fully saturated rings. The molecule has 2 nitrogen and oxygen atoms in total. The van der Waals surface area contributed by atoms with Crippen molar-refractivity contribution in [3.63, 3.8) is 0 Å². The van der Waals surface area contributed by atoms with Crippen LogP contribution in [0, 0.1) is 0 Å². The Hall–Kier alpha value is -0.0800. The first-order valence-corrected chi connectivity index (χ1v) is 4.10. The molecule has 0 heterocycles. The number of ether oxygens (including phenoxy) is 1. The Morgan fingerprint density at radius 2 is 1.90 bits per heavy atom. The van der Waals surface area contributed by atoms with Gasteiger partial charge in [-0.15, -0.1) is 0 Å². The molecular weight excluding hydrogens is 128 g/mol. The second kappa shape index (κ2) is 3.94. The predicted octanol–water partition coefficient (Wildman–Crippen LogP) is 2.11. The second-order valence-corrected chi connectivity index (χ2v) is 2.96. The van der Waals surface area contributed by atoms with Gasteiger partial charge < -0.3 is 4.74 Å². The molecule has 0 aromatic rings. The van der Waals surface area contributed by atoms with Crippen molar-refractivity contribution in [2.24, 2.45) is 0 Å². The van der Waals surface area contributed by atoms with Gasteiger partial charge in [-0.2, -0.15) is 0 Å². The fourth-order valence-electron chi connectivity index (χ4n) is 1.47. The summed E-state index contributed by atoms with van der Waals surface area (Å²) in [5.74, 6) is 0. The molecule has 0 aromatic heterocycles. The summed E-state index contributed by atoms with van der Waals surface area (Å²) in [5, 5.41) is 10.6. The molecule has 1 radical (unpaired) electrons. The molecule has 1 unspecified atom stereocenters. The van der Waals surface area contributed by atoms with E-state index < -0.39 is 6.29 Å². The third-order valence-electron chi connectivity index (χ3n) is 1.94. The lowest BCUT2D eigenvalue weighted by atomic mass is 9.98. The summed E-state index contributed by atoms with van der Waals surface area (Å²) in [7, 11) is 0. The van der Waals surface area contributed by atoms with Gasteiger partial charge >= 0.3 is 0 Å². The Morgan fingerprint density at radius 1 is 1.30 bits per heavy atom. The summed E-state index contributed by atoms with van der Waals surface area (Å²) in [6.45, 7) is 1.56. The zero-order valence-corrected chi connectivity index (χ0v) is 6.51. The molecule has 1 aliphatic rings. The Labute approximate surface area is 62.2 Å². The predicted molar refractivity (Wildman–Crippen MR) is 38.1 cm³/mol. The van der Waals surface area contributed by atoms with E-state index in [0.29, 0.717) is 0 Å². The van der Waals surface area contributed by atoms with Crippen molar-refractivity contribution in [2.45, 2.75) is 51.4 Å². The summed E-state index contributed by atoms with van der Waals surface area (Å²) in [4.78, 5) is 0. The summed E-state index contributed by atoms with van der Waals surface area (Å²) < 4.78 is 5.14. The van der Waals surface area contributed by atoms with Crippen molar-refractivity contribution < 1.29 is 9.84 Å². The highest BCUT2D eigenvalue weighted by Crippen LogP contribution is 2.20. The van der Waals surface area contributed by atoms with Crippen LogP contribution in [0.5, 0.6) is 0 Å². The Bertz CT molecular complexity index is 85.3. The minimum absolute atomic E-state index is 0.265. The van der Waals surface area contributed by atoms with Crippen LogP contribution >= 0.6 is 0 Å². The fraction of sp³-hybridized carbons (Fsp3) is 1.00. The van der Waals surface area contributed by atoms with Crippen molar-refractivity contribution in [2.75, 3.05) is 0 Å². The summed E-state index contributed by atoms with van der Waals surface area (Å²) in [6.07, 6.45) is 5.39. The van der Waals surface area contributed by atoms with Gasteiger partial charge in [-0.1, -0.05) is 19.3 Å². The third kappa shape index (κ3) is 2.67. The van der Waals surface area contributed by atoms with E-state index >= 15 is 0 Å². The number of hydrogen-bond donors (Lipinski definition) is 0. The largest absolute Gasteiger partial charge is 0.347 e. The molecule has 0 N–H and O–H groups in total. The van der Waals surface area contributed by atoms with Crippen LogP contribution in [0.15, 0.2) is 0 Å². The first-order chi connectivity index (χ1) is 4.79. The molecule has 1 rings (SSSR count). The van der Waals surface area contributed by atoms with E-state index in [2.05, 4.69) is 0 Å². The number of hydrogen-bond acceptors (Lipinski definition) is 1. The Morgan fingerprint density at radius 3 is 2.40 bits per heavy atom. The lowest BCUT2D eigenvalue weighted by Crippen LogP contribution is -2.21. The minimum atomic E-state index is -0.830.